The molecule has 1 saturated heterocycles. The van der Waals surface area contributed by atoms with Crippen molar-refractivity contribution >= 4 is 51.8 Å². The van der Waals surface area contributed by atoms with Crippen LogP contribution in [0.5, 0.6) is 0 Å². The highest BCUT2D eigenvalue weighted by molar-refractivity contribution is 6.39. The van der Waals surface area contributed by atoms with Gasteiger partial charge in [-0.15, -0.1) is 0 Å². The Hall–Kier alpha value is -3.27. The van der Waals surface area contributed by atoms with E-state index in [4.69, 9.17) is 23.2 Å². The van der Waals surface area contributed by atoms with E-state index >= 15 is 0 Å². The molecular formula is C25H26Cl2N8O. The van der Waals surface area contributed by atoms with E-state index in [2.05, 4.69) is 49.1 Å². The summed E-state index contributed by atoms with van der Waals surface area (Å²) in [7, 11) is 6.05. The fraction of sp³-hybridized carbons (Fsp3) is 0.320. The van der Waals surface area contributed by atoms with Gasteiger partial charge in [-0.05, 0) is 39.1 Å². The average molecular weight is 525 g/mol. The number of anilines is 3. The maximum Gasteiger partial charge on any atom is 0.229 e. The lowest BCUT2D eigenvalue weighted by molar-refractivity contribution is 0.249. The van der Waals surface area contributed by atoms with Crippen LogP contribution in [0, 0.1) is 0 Å². The molecule has 1 aliphatic heterocycles. The Labute approximate surface area is 218 Å². The Morgan fingerprint density at radius 1 is 1.03 bits per heavy atom. The molecule has 1 aliphatic rings. The van der Waals surface area contributed by atoms with Crippen molar-refractivity contribution in [3.63, 3.8) is 0 Å². The van der Waals surface area contributed by atoms with Gasteiger partial charge in [0.05, 0.1) is 33.5 Å². The summed E-state index contributed by atoms with van der Waals surface area (Å²) >= 11 is 12.7. The van der Waals surface area contributed by atoms with Crippen LogP contribution in [-0.4, -0.2) is 62.6 Å². The van der Waals surface area contributed by atoms with E-state index in [0.29, 0.717) is 55.8 Å². The molecule has 4 aromatic rings. The van der Waals surface area contributed by atoms with Gasteiger partial charge in [-0.2, -0.15) is 4.98 Å². The minimum atomic E-state index is -0.240. The van der Waals surface area contributed by atoms with Gasteiger partial charge in [0.15, 0.2) is 0 Å². The molecule has 1 fully saturated rings. The fourth-order valence-electron chi connectivity index (χ4n) is 4.51. The molecule has 3 aromatic heterocycles. The number of nitrogens with one attached hydrogen (secondary N) is 1. The third-order valence-electron chi connectivity index (χ3n) is 6.52. The number of fused-ring (bicyclic) bond motifs is 1. The van der Waals surface area contributed by atoms with Gasteiger partial charge in [0.25, 0.3) is 0 Å². The quantitative estimate of drug-likeness (QED) is 0.411. The van der Waals surface area contributed by atoms with Gasteiger partial charge < -0.3 is 19.7 Å². The third-order valence-corrected chi connectivity index (χ3v) is 7.15. The third kappa shape index (κ3) is 4.74. The predicted octanol–water partition coefficient (Wildman–Crippen LogP) is 4.37. The van der Waals surface area contributed by atoms with Crippen LogP contribution in [0.1, 0.15) is 12.8 Å². The SMILES string of the molecule is CN(C)C1CCN(c2ncc(Nc3ncc4c(=O)c(-c5c(Cl)cccc5Cl)cn(C)c4n3)cn2)CC1. The minimum absolute atomic E-state index is 0.240. The lowest BCUT2D eigenvalue weighted by Gasteiger charge is -2.35. The number of nitrogens with zero attached hydrogens (tertiary/aromatic N) is 7. The average Bonchev–Trinajstić information content (AvgIpc) is 2.87. The van der Waals surface area contributed by atoms with E-state index in [1.165, 1.54) is 6.20 Å². The number of rotatable bonds is 5. The fourth-order valence-corrected chi connectivity index (χ4v) is 5.12. The van der Waals surface area contributed by atoms with Crippen molar-refractivity contribution < 1.29 is 0 Å². The van der Waals surface area contributed by atoms with Crippen molar-refractivity contribution in [2.45, 2.75) is 18.9 Å². The number of aromatic nitrogens is 5. The summed E-state index contributed by atoms with van der Waals surface area (Å²) in [6, 6.07) is 5.75. The number of aryl methyl sites for hydroxylation is 1. The lowest BCUT2D eigenvalue weighted by atomic mass is 10.0. The van der Waals surface area contributed by atoms with Gasteiger partial charge in [-0.1, -0.05) is 29.3 Å². The van der Waals surface area contributed by atoms with Gasteiger partial charge >= 0.3 is 0 Å². The molecule has 0 unspecified atom stereocenters. The van der Waals surface area contributed by atoms with Crippen molar-refractivity contribution in [1.29, 1.82) is 0 Å². The molecule has 0 bridgehead atoms. The first kappa shape index (κ1) is 24.4. The molecule has 0 radical (unpaired) electrons. The van der Waals surface area contributed by atoms with Crippen molar-refractivity contribution in [2.24, 2.45) is 7.05 Å². The monoisotopic (exact) mass is 524 g/mol. The van der Waals surface area contributed by atoms with E-state index in [1.807, 2.05) is 7.05 Å². The Morgan fingerprint density at radius 3 is 2.33 bits per heavy atom. The summed E-state index contributed by atoms with van der Waals surface area (Å²) in [5, 5.41) is 4.31. The number of pyridine rings is 1. The summed E-state index contributed by atoms with van der Waals surface area (Å²) in [6.45, 7) is 1.86. The molecule has 186 valence electrons. The van der Waals surface area contributed by atoms with Gasteiger partial charge in [-0.3, -0.25) is 4.79 Å². The zero-order valence-corrected chi connectivity index (χ0v) is 21.8. The van der Waals surface area contributed by atoms with Crippen LogP contribution in [0.15, 0.2) is 47.8 Å². The molecule has 1 N–H and O–H groups in total. The molecular weight excluding hydrogens is 499 g/mol. The van der Waals surface area contributed by atoms with Crippen LogP contribution in [0.25, 0.3) is 22.2 Å². The first-order valence-corrected chi connectivity index (χ1v) is 12.4. The molecule has 11 heteroatoms. The van der Waals surface area contributed by atoms with E-state index in [0.717, 1.165) is 25.9 Å². The molecule has 0 amide bonds. The van der Waals surface area contributed by atoms with E-state index in [9.17, 15) is 4.79 Å². The van der Waals surface area contributed by atoms with Crippen molar-refractivity contribution in [2.75, 3.05) is 37.4 Å². The van der Waals surface area contributed by atoms with Crippen molar-refractivity contribution in [1.82, 2.24) is 29.4 Å². The van der Waals surface area contributed by atoms with E-state index < -0.39 is 0 Å². The second-order valence-corrected chi connectivity index (χ2v) is 9.90. The number of hydrogen-bond acceptors (Lipinski definition) is 8. The second-order valence-electron chi connectivity index (χ2n) is 9.09. The first-order chi connectivity index (χ1) is 17.3. The summed E-state index contributed by atoms with van der Waals surface area (Å²) in [6.07, 6.45) is 8.80. The van der Waals surface area contributed by atoms with Crippen LogP contribution >= 0.6 is 23.2 Å². The number of hydrogen-bond donors (Lipinski definition) is 1. The topological polar surface area (TPSA) is 92.1 Å². The Kier molecular flexibility index (Phi) is 6.79. The largest absolute Gasteiger partial charge is 0.341 e. The molecule has 1 aromatic carbocycles. The standard InChI is InChI=1S/C25H26Cl2N8O/c1-33(2)16-7-9-35(10-8-16)25-29-11-15(12-30-25)31-24-28-13-17-22(36)18(14-34(3)23(17)32-24)21-19(26)5-4-6-20(21)27/h4-6,11-14,16H,7-10H2,1-3H3,(H,28,31,32). The zero-order chi connectivity index (χ0) is 25.4. The lowest BCUT2D eigenvalue weighted by Crippen LogP contribution is -2.42. The summed E-state index contributed by atoms with van der Waals surface area (Å²) in [5.74, 6) is 1.05. The highest BCUT2D eigenvalue weighted by Crippen LogP contribution is 2.33. The van der Waals surface area contributed by atoms with Crippen molar-refractivity contribution in [3.8, 4) is 11.1 Å². The molecule has 0 saturated carbocycles. The minimum Gasteiger partial charge on any atom is -0.341 e. The van der Waals surface area contributed by atoms with Crippen LogP contribution < -0.4 is 15.6 Å². The number of benzene rings is 1. The highest BCUT2D eigenvalue weighted by Gasteiger charge is 2.22. The smallest absolute Gasteiger partial charge is 0.229 e. The van der Waals surface area contributed by atoms with Gasteiger partial charge in [0.2, 0.25) is 17.3 Å². The van der Waals surface area contributed by atoms with E-state index in [1.54, 1.807) is 41.4 Å². The molecule has 5 rings (SSSR count). The summed E-state index contributed by atoms with van der Waals surface area (Å²) in [4.78, 5) is 35.7. The molecule has 36 heavy (non-hydrogen) atoms. The Morgan fingerprint density at radius 2 is 1.69 bits per heavy atom. The Bertz CT molecular complexity index is 1440. The van der Waals surface area contributed by atoms with Gasteiger partial charge in [0, 0.05) is 49.7 Å². The number of halogens is 2. The zero-order valence-electron chi connectivity index (χ0n) is 20.2. The normalized spacial score (nSPS) is 14.6. The number of piperidine rings is 1. The van der Waals surface area contributed by atoms with Crippen LogP contribution in [0.4, 0.5) is 17.6 Å². The maximum atomic E-state index is 13.2. The van der Waals surface area contributed by atoms with Crippen molar-refractivity contribution in [3.05, 3.63) is 63.3 Å². The van der Waals surface area contributed by atoms with Crippen LogP contribution in [0.2, 0.25) is 10.0 Å². The van der Waals surface area contributed by atoms with Crippen LogP contribution in [-0.2, 0) is 7.05 Å². The molecule has 9 nitrogen and oxygen atoms in total. The summed E-state index contributed by atoms with van der Waals surface area (Å²) in [5.41, 5.74) is 1.78. The van der Waals surface area contributed by atoms with Gasteiger partial charge in [-0.25, -0.2) is 15.0 Å². The van der Waals surface area contributed by atoms with Gasteiger partial charge in [0.1, 0.15) is 5.65 Å². The molecule has 0 aliphatic carbocycles. The Balaban J connectivity index is 1.37. The molecule has 4 heterocycles. The summed E-state index contributed by atoms with van der Waals surface area (Å²) < 4.78 is 1.76. The maximum absolute atomic E-state index is 13.2. The van der Waals surface area contributed by atoms with E-state index in [-0.39, 0.29) is 5.43 Å². The first-order valence-electron chi connectivity index (χ1n) is 11.6. The predicted molar refractivity (Wildman–Crippen MR) is 144 cm³/mol. The highest BCUT2D eigenvalue weighted by atomic mass is 35.5. The molecule has 0 atom stereocenters. The molecule has 0 spiro atoms. The van der Waals surface area contributed by atoms with Crippen LogP contribution in [0.3, 0.4) is 0 Å². The second kappa shape index (κ2) is 10.0.